The molecule has 4 heteroatoms. The molecule has 0 saturated carbocycles. The van der Waals surface area contributed by atoms with Gasteiger partial charge in [0, 0.05) is 19.0 Å². The second-order valence-corrected chi connectivity index (χ2v) is 6.85. The van der Waals surface area contributed by atoms with Crippen molar-refractivity contribution in [3.8, 4) is 0 Å². The Bertz CT molecular complexity index is 843. The summed E-state index contributed by atoms with van der Waals surface area (Å²) in [5.41, 5.74) is 5.76. The van der Waals surface area contributed by atoms with Crippen LogP contribution in [0.1, 0.15) is 49.7 Å². The van der Waals surface area contributed by atoms with Crippen molar-refractivity contribution < 1.29 is 14.7 Å². The molecule has 1 amide bonds. The number of carbonyl (C=O) groups excluding carboxylic acids is 1. The van der Waals surface area contributed by atoms with Gasteiger partial charge in [-0.25, -0.2) is 0 Å². The normalized spacial score (nSPS) is 16.7. The molecule has 0 bridgehead atoms. The maximum absolute atomic E-state index is 12.3. The minimum atomic E-state index is -0.770. The van der Waals surface area contributed by atoms with E-state index in [0.717, 1.165) is 36.8 Å². The molecular formula is C23H25NO3. The van der Waals surface area contributed by atoms with Gasteiger partial charge in [-0.15, -0.1) is 0 Å². The Morgan fingerprint density at radius 1 is 1.04 bits per heavy atom. The van der Waals surface area contributed by atoms with Crippen molar-refractivity contribution >= 4 is 23.0 Å². The Labute approximate surface area is 160 Å². The number of fused-ring (bicyclic) bond motifs is 2. The fourth-order valence-electron chi connectivity index (χ4n) is 3.50. The summed E-state index contributed by atoms with van der Waals surface area (Å²) in [5, 5.41) is 11.5. The maximum atomic E-state index is 12.3. The number of rotatable bonds is 7. The molecule has 0 heterocycles. The molecule has 0 aliphatic heterocycles. The molecule has 2 aliphatic rings. The highest BCUT2D eigenvalue weighted by atomic mass is 16.4. The summed E-state index contributed by atoms with van der Waals surface area (Å²) < 4.78 is 0. The summed E-state index contributed by atoms with van der Waals surface area (Å²) in [6, 6.07) is 8.25. The zero-order chi connectivity index (χ0) is 19.1. The van der Waals surface area contributed by atoms with Gasteiger partial charge in [-0.05, 0) is 53.5 Å². The second-order valence-electron chi connectivity index (χ2n) is 6.85. The summed E-state index contributed by atoms with van der Waals surface area (Å²) in [7, 11) is 0. The Morgan fingerprint density at radius 2 is 1.85 bits per heavy atom. The fourth-order valence-corrected chi connectivity index (χ4v) is 3.50. The highest BCUT2D eigenvalue weighted by Gasteiger charge is 2.17. The number of carboxylic acid groups (broad SMARTS) is 1. The van der Waals surface area contributed by atoms with Crippen LogP contribution in [0.2, 0.25) is 0 Å². The zero-order valence-electron chi connectivity index (χ0n) is 15.4. The number of unbranched alkanes of at least 4 members (excludes halogenated alkanes) is 2. The highest BCUT2D eigenvalue weighted by molar-refractivity contribution is 6.00. The van der Waals surface area contributed by atoms with Crippen LogP contribution in [-0.4, -0.2) is 23.5 Å². The van der Waals surface area contributed by atoms with Crippen molar-refractivity contribution in [1.29, 1.82) is 0 Å². The van der Waals surface area contributed by atoms with Gasteiger partial charge in [-0.3, -0.25) is 9.59 Å². The van der Waals surface area contributed by atoms with Crippen LogP contribution in [0, 0.1) is 0 Å². The summed E-state index contributed by atoms with van der Waals surface area (Å²) in [6.45, 7) is 0.561. The number of hydrogen-bond acceptors (Lipinski definition) is 2. The van der Waals surface area contributed by atoms with Crippen LogP contribution in [-0.2, 0) is 9.59 Å². The van der Waals surface area contributed by atoms with Crippen molar-refractivity contribution in [2.45, 2.75) is 38.5 Å². The number of nitrogens with one attached hydrogen (secondary N) is 1. The lowest BCUT2D eigenvalue weighted by Crippen LogP contribution is -2.22. The molecule has 0 aromatic heterocycles. The standard InChI is InChI=1S/C23H25NO3/c25-22(24-15-7-1-2-12-23(26)27)16-18-14-13-17-8-3-4-9-19(17)21-11-6-5-10-20(18)21/h3,5-6,8,10-11,13-14,16H,1-2,4,7,9,12,15H2,(H,24,25)(H,26,27). The van der Waals surface area contributed by atoms with E-state index < -0.39 is 5.97 Å². The average molecular weight is 363 g/mol. The molecule has 0 atom stereocenters. The van der Waals surface area contributed by atoms with E-state index >= 15 is 0 Å². The van der Waals surface area contributed by atoms with E-state index in [0.29, 0.717) is 13.0 Å². The van der Waals surface area contributed by atoms with Crippen LogP contribution in [0.4, 0.5) is 0 Å². The molecule has 0 radical (unpaired) electrons. The van der Waals surface area contributed by atoms with Crippen molar-refractivity contribution in [2.75, 3.05) is 6.54 Å². The summed E-state index contributed by atoms with van der Waals surface area (Å²) in [6.07, 6.45) is 14.6. The minimum Gasteiger partial charge on any atom is -0.481 e. The number of allylic oxidation sites excluding steroid dienone is 7. The lowest BCUT2D eigenvalue weighted by molar-refractivity contribution is -0.137. The Hall–Kier alpha value is -2.88. The molecule has 140 valence electrons. The summed E-state index contributed by atoms with van der Waals surface area (Å²) >= 11 is 0. The molecule has 2 N–H and O–H groups in total. The van der Waals surface area contributed by atoms with Gasteiger partial charge < -0.3 is 10.4 Å². The molecule has 4 nitrogen and oxygen atoms in total. The number of benzene rings is 1. The molecular weight excluding hydrogens is 338 g/mol. The van der Waals surface area contributed by atoms with Gasteiger partial charge in [0.05, 0.1) is 0 Å². The number of amides is 1. The lowest BCUT2D eigenvalue weighted by atomic mass is 9.89. The van der Waals surface area contributed by atoms with E-state index in [1.807, 2.05) is 18.2 Å². The van der Waals surface area contributed by atoms with Crippen molar-refractivity contribution in [3.63, 3.8) is 0 Å². The topological polar surface area (TPSA) is 66.4 Å². The van der Waals surface area contributed by atoms with Gasteiger partial charge in [-0.2, -0.15) is 0 Å². The molecule has 1 aromatic carbocycles. The average Bonchev–Trinajstić information content (AvgIpc) is 2.82. The maximum Gasteiger partial charge on any atom is 0.303 e. The molecule has 0 spiro atoms. The zero-order valence-corrected chi connectivity index (χ0v) is 15.4. The van der Waals surface area contributed by atoms with Crippen LogP contribution in [0.5, 0.6) is 0 Å². The van der Waals surface area contributed by atoms with E-state index in [9.17, 15) is 9.59 Å². The van der Waals surface area contributed by atoms with E-state index in [1.54, 1.807) is 6.08 Å². The summed E-state index contributed by atoms with van der Waals surface area (Å²) in [5.74, 6) is -0.883. The first-order valence-electron chi connectivity index (χ1n) is 9.54. The first kappa shape index (κ1) is 18.9. The smallest absolute Gasteiger partial charge is 0.303 e. The quantitative estimate of drug-likeness (QED) is 0.553. The SMILES string of the molecule is O=C(O)CCCCCNC(=O)C=C1C=CC2=C(CCC=C2)c2ccccc21. The van der Waals surface area contributed by atoms with Gasteiger partial charge in [0.2, 0.25) is 5.91 Å². The third kappa shape index (κ3) is 5.07. The number of aliphatic carboxylic acids is 1. The van der Waals surface area contributed by atoms with Crippen LogP contribution in [0.25, 0.3) is 11.1 Å². The van der Waals surface area contributed by atoms with Crippen molar-refractivity contribution in [2.24, 2.45) is 0 Å². The van der Waals surface area contributed by atoms with Gasteiger partial charge in [0.15, 0.2) is 0 Å². The number of carbonyl (C=O) groups is 2. The third-order valence-electron chi connectivity index (χ3n) is 4.87. The molecule has 1 aromatic rings. The predicted octanol–water partition coefficient (Wildman–Crippen LogP) is 4.50. The molecule has 27 heavy (non-hydrogen) atoms. The van der Waals surface area contributed by atoms with E-state index in [4.69, 9.17) is 5.11 Å². The Morgan fingerprint density at radius 3 is 2.67 bits per heavy atom. The first-order chi connectivity index (χ1) is 13.1. The van der Waals surface area contributed by atoms with Crippen LogP contribution >= 0.6 is 0 Å². The second kappa shape index (κ2) is 9.17. The van der Waals surface area contributed by atoms with Gasteiger partial charge >= 0.3 is 5.97 Å². The van der Waals surface area contributed by atoms with Crippen LogP contribution in [0.3, 0.4) is 0 Å². The molecule has 0 unspecified atom stereocenters. The van der Waals surface area contributed by atoms with Gasteiger partial charge in [-0.1, -0.05) is 55.0 Å². The lowest BCUT2D eigenvalue weighted by Gasteiger charge is -2.15. The summed E-state index contributed by atoms with van der Waals surface area (Å²) in [4.78, 5) is 22.8. The molecule has 3 rings (SSSR count). The third-order valence-corrected chi connectivity index (χ3v) is 4.87. The van der Waals surface area contributed by atoms with Crippen molar-refractivity contribution in [3.05, 3.63) is 71.3 Å². The predicted molar refractivity (Wildman–Crippen MR) is 108 cm³/mol. The Balaban J connectivity index is 1.67. The van der Waals surface area contributed by atoms with E-state index in [2.05, 4.69) is 35.7 Å². The fraction of sp³-hybridized carbons (Fsp3) is 0.304. The van der Waals surface area contributed by atoms with Crippen molar-refractivity contribution in [1.82, 2.24) is 5.32 Å². The Kier molecular flexibility index (Phi) is 6.42. The van der Waals surface area contributed by atoms with Crippen LogP contribution < -0.4 is 5.32 Å². The van der Waals surface area contributed by atoms with Gasteiger partial charge in [0.25, 0.3) is 0 Å². The largest absolute Gasteiger partial charge is 0.481 e. The van der Waals surface area contributed by atoms with Crippen LogP contribution in [0.15, 0.2) is 60.2 Å². The molecule has 0 fully saturated rings. The number of hydrogen-bond donors (Lipinski definition) is 2. The van der Waals surface area contributed by atoms with E-state index in [1.165, 1.54) is 16.7 Å². The number of carboxylic acids is 1. The van der Waals surface area contributed by atoms with Gasteiger partial charge in [0.1, 0.15) is 0 Å². The molecule has 2 aliphatic carbocycles. The van der Waals surface area contributed by atoms with E-state index in [-0.39, 0.29) is 12.3 Å². The monoisotopic (exact) mass is 363 g/mol. The highest BCUT2D eigenvalue weighted by Crippen LogP contribution is 2.37. The first-order valence-corrected chi connectivity index (χ1v) is 9.54. The molecule has 0 saturated heterocycles. The minimum absolute atomic E-state index is 0.113.